The number of methoxy groups -OCH3 is 1. The normalized spacial score (nSPS) is 9.64. The van der Waals surface area contributed by atoms with Crippen LogP contribution in [0.25, 0.3) is 0 Å². The van der Waals surface area contributed by atoms with Gasteiger partial charge in [-0.2, -0.15) is 0 Å². The van der Waals surface area contributed by atoms with Gasteiger partial charge in [-0.15, -0.1) is 5.92 Å². The first kappa shape index (κ1) is 27.4. The van der Waals surface area contributed by atoms with Gasteiger partial charge in [0.25, 0.3) is 0 Å². The Balaban J connectivity index is 1.74. The lowest BCUT2D eigenvalue weighted by Gasteiger charge is -2.22. The maximum Gasteiger partial charge on any atom is 0.142 e. The molecule has 36 heavy (non-hydrogen) atoms. The second-order valence-corrected chi connectivity index (χ2v) is 9.51. The van der Waals surface area contributed by atoms with Crippen molar-refractivity contribution in [3.8, 4) is 41.3 Å². The summed E-state index contributed by atoms with van der Waals surface area (Å²) in [4.78, 5) is 2.14. The maximum absolute atomic E-state index is 6.13. The molecule has 3 aromatic carbocycles. The molecule has 0 aliphatic carbocycles. The lowest BCUT2D eigenvalue weighted by molar-refractivity contribution is 0.239. The van der Waals surface area contributed by atoms with Crippen LogP contribution >= 0.6 is 31.9 Å². The molecule has 0 saturated carbocycles. The number of hydrogen-bond acceptors (Lipinski definition) is 3. The van der Waals surface area contributed by atoms with Crippen LogP contribution in [-0.4, -0.2) is 33.4 Å². The largest absolute Gasteiger partial charge is 0.491 e. The summed E-state index contributed by atoms with van der Waals surface area (Å²) in [7, 11) is 1.65. The molecule has 0 heterocycles. The molecule has 0 N–H and O–H groups in total. The maximum atomic E-state index is 6.13. The van der Waals surface area contributed by atoms with Gasteiger partial charge in [0.2, 0.25) is 0 Å². The Morgan fingerprint density at radius 3 is 1.89 bits per heavy atom. The number of anilines is 1. The predicted molar refractivity (Wildman–Crippen MR) is 155 cm³/mol. The predicted octanol–water partition coefficient (Wildman–Crippen LogP) is 6.93. The summed E-state index contributed by atoms with van der Waals surface area (Å²) in [5.74, 6) is 20.0. The van der Waals surface area contributed by atoms with E-state index in [1.807, 2.05) is 66.7 Å². The fraction of sp³-hybridized carbons (Fsp3) is 0.226. The van der Waals surface area contributed by atoms with Gasteiger partial charge in [-0.25, -0.2) is 0 Å². The zero-order valence-corrected chi connectivity index (χ0v) is 23.4. The molecule has 0 amide bonds. The number of para-hydroxylation sites is 2. The second kappa shape index (κ2) is 15.8. The topological polar surface area (TPSA) is 21.7 Å². The highest BCUT2D eigenvalue weighted by atomic mass is 79.9. The summed E-state index contributed by atoms with van der Waals surface area (Å²) >= 11 is 6.93. The molecule has 3 rings (SSSR count). The molecule has 0 radical (unpaired) electrons. The number of rotatable bonds is 8. The molecule has 0 aliphatic rings. The number of ether oxygens (including phenoxy) is 2. The minimum absolute atomic E-state index is 0.460. The van der Waals surface area contributed by atoms with Crippen molar-refractivity contribution in [2.45, 2.75) is 12.8 Å². The van der Waals surface area contributed by atoms with Gasteiger partial charge < -0.3 is 14.4 Å². The number of benzene rings is 3. The highest BCUT2D eigenvalue weighted by Gasteiger charge is 2.10. The summed E-state index contributed by atoms with van der Waals surface area (Å²) < 4.78 is 13.2. The molecule has 0 aromatic heterocycles. The van der Waals surface area contributed by atoms with E-state index < -0.39 is 0 Å². The third-order valence-corrected chi connectivity index (χ3v) is 6.00. The lowest BCUT2D eigenvalue weighted by Crippen LogP contribution is -2.24. The monoisotopic (exact) mass is 603 g/mol. The Labute approximate surface area is 231 Å². The van der Waals surface area contributed by atoms with Crippen molar-refractivity contribution in [2.24, 2.45) is 0 Å². The Morgan fingerprint density at radius 1 is 0.722 bits per heavy atom. The van der Waals surface area contributed by atoms with E-state index in [9.17, 15) is 0 Å². The zero-order valence-electron chi connectivity index (χ0n) is 20.2. The number of hydrogen-bond donors (Lipinski definition) is 0. The van der Waals surface area contributed by atoms with Crippen LogP contribution in [0.4, 0.5) is 5.69 Å². The fourth-order valence-electron chi connectivity index (χ4n) is 3.16. The summed E-state index contributed by atoms with van der Waals surface area (Å²) in [5.41, 5.74) is 2.91. The number of halogens is 2. The van der Waals surface area contributed by atoms with Gasteiger partial charge in [0.15, 0.2) is 0 Å². The minimum Gasteiger partial charge on any atom is -0.491 e. The summed E-state index contributed by atoms with van der Waals surface area (Å²) in [6, 6.07) is 24.0. The Kier molecular flexibility index (Phi) is 12.0. The van der Waals surface area contributed by atoms with E-state index in [0.717, 1.165) is 44.4 Å². The molecule has 0 spiro atoms. The molecule has 0 saturated heterocycles. The highest BCUT2D eigenvalue weighted by molar-refractivity contribution is 9.10. The van der Waals surface area contributed by atoms with Crippen molar-refractivity contribution in [3.63, 3.8) is 0 Å². The van der Waals surface area contributed by atoms with Crippen molar-refractivity contribution in [3.05, 3.63) is 92.9 Å². The van der Waals surface area contributed by atoms with Crippen molar-refractivity contribution in [1.29, 1.82) is 0 Å². The summed E-state index contributed by atoms with van der Waals surface area (Å²) in [5, 5.41) is 0. The molecule has 5 heteroatoms. The van der Waals surface area contributed by atoms with Crippen molar-refractivity contribution >= 4 is 37.5 Å². The van der Waals surface area contributed by atoms with Gasteiger partial charge in [0.05, 0.1) is 25.4 Å². The van der Waals surface area contributed by atoms with E-state index >= 15 is 0 Å². The molecular weight excluding hydrogens is 578 g/mol. The van der Waals surface area contributed by atoms with E-state index in [1.54, 1.807) is 7.11 Å². The van der Waals surface area contributed by atoms with Gasteiger partial charge >= 0.3 is 0 Å². The van der Waals surface area contributed by atoms with Crippen LogP contribution in [0.2, 0.25) is 0 Å². The van der Waals surface area contributed by atoms with Gasteiger partial charge in [-0.3, -0.25) is 0 Å². The molecular formula is C31H27Br2NO2. The molecule has 0 fully saturated rings. The highest BCUT2D eigenvalue weighted by Crippen LogP contribution is 2.28. The van der Waals surface area contributed by atoms with Gasteiger partial charge in [0, 0.05) is 33.6 Å². The van der Waals surface area contributed by atoms with Crippen LogP contribution < -0.4 is 9.64 Å². The molecule has 3 nitrogen and oxygen atoms in total. The second-order valence-electron chi connectivity index (χ2n) is 7.68. The first-order valence-electron chi connectivity index (χ1n) is 11.6. The van der Waals surface area contributed by atoms with Crippen LogP contribution in [0.3, 0.4) is 0 Å². The third kappa shape index (κ3) is 9.85. The average Bonchev–Trinajstić information content (AvgIpc) is 2.90. The number of nitrogens with zero attached hydrogens (tertiary/aromatic N) is 1. The minimum atomic E-state index is 0.460. The van der Waals surface area contributed by atoms with Gasteiger partial charge in [0.1, 0.15) is 12.4 Å². The van der Waals surface area contributed by atoms with E-state index in [2.05, 4.69) is 78.3 Å². The Morgan fingerprint density at radius 2 is 1.31 bits per heavy atom. The van der Waals surface area contributed by atoms with E-state index in [4.69, 9.17) is 9.47 Å². The van der Waals surface area contributed by atoms with Gasteiger partial charge in [-0.05, 0) is 67.1 Å². The van der Waals surface area contributed by atoms with Gasteiger partial charge in [-0.1, -0.05) is 73.6 Å². The first-order chi connectivity index (χ1) is 17.7. The SMILES string of the molecule is COCC#CCCCOc1ccccc1N(CC#Cc1ccc(Br)cc1)CC#Cc1ccc(Br)cc1. The van der Waals surface area contributed by atoms with E-state index in [0.29, 0.717) is 26.3 Å². The quantitative estimate of drug-likeness (QED) is 0.206. The molecule has 3 aromatic rings. The summed E-state index contributed by atoms with van der Waals surface area (Å²) in [6.45, 7) is 2.09. The van der Waals surface area contributed by atoms with Crippen LogP contribution in [0.5, 0.6) is 5.75 Å². The molecule has 0 bridgehead atoms. The average molecular weight is 605 g/mol. The number of unbranched alkanes of at least 4 members (excludes halogenated alkanes) is 1. The molecule has 0 atom stereocenters. The van der Waals surface area contributed by atoms with Crippen molar-refractivity contribution < 1.29 is 9.47 Å². The van der Waals surface area contributed by atoms with Crippen LogP contribution in [-0.2, 0) is 4.74 Å². The zero-order chi connectivity index (χ0) is 25.4. The van der Waals surface area contributed by atoms with E-state index in [1.165, 1.54) is 0 Å². The van der Waals surface area contributed by atoms with Crippen LogP contribution in [0.1, 0.15) is 24.0 Å². The van der Waals surface area contributed by atoms with Crippen molar-refractivity contribution in [2.75, 3.05) is 38.3 Å². The van der Waals surface area contributed by atoms with Crippen molar-refractivity contribution in [1.82, 2.24) is 0 Å². The van der Waals surface area contributed by atoms with E-state index in [-0.39, 0.29) is 0 Å². The molecule has 0 aliphatic heterocycles. The smallest absolute Gasteiger partial charge is 0.142 e. The standard InChI is InChI=1S/C31H27Br2NO2/c1-35-24-6-2-3-7-25-36-31-13-5-4-12-30(31)34(22-8-10-26-14-18-28(32)19-15-26)23-9-11-27-16-20-29(33)21-17-27/h4-5,12-21H,3,7,22-25H2,1H3. The lowest BCUT2D eigenvalue weighted by atomic mass is 10.2. The molecule has 182 valence electrons. The molecule has 0 unspecified atom stereocenters. The third-order valence-electron chi connectivity index (χ3n) is 4.94. The van der Waals surface area contributed by atoms with Crippen LogP contribution in [0, 0.1) is 35.5 Å². The van der Waals surface area contributed by atoms with Crippen LogP contribution in [0.15, 0.2) is 81.7 Å². The summed E-state index contributed by atoms with van der Waals surface area (Å²) in [6.07, 6.45) is 1.62. The first-order valence-corrected chi connectivity index (χ1v) is 13.1. The fourth-order valence-corrected chi connectivity index (χ4v) is 3.69. The Bertz CT molecular complexity index is 1220. The Hall–Kier alpha value is -3.14.